The van der Waals surface area contributed by atoms with Crippen LogP contribution in [0, 0.1) is 0 Å². The quantitative estimate of drug-likeness (QED) is 0.766. The zero-order valence-electron chi connectivity index (χ0n) is 15.7. The molecule has 0 atom stereocenters. The van der Waals surface area contributed by atoms with Crippen LogP contribution >= 0.6 is 0 Å². The van der Waals surface area contributed by atoms with Crippen LogP contribution in [0.1, 0.15) is 50.9 Å². The maximum atomic E-state index is 12.8. The largest absolute Gasteiger partial charge is 0.459 e. The lowest BCUT2D eigenvalue weighted by atomic mass is 9.80. The molecule has 0 radical (unpaired) electrons. The third-order valence-electron chi connectivity index (χ3n) is 5.02. The fourth-order valence-electron chi connectivity index (χ4n) is 4.37. The fraction of sp³-hybridized carbons (Fsp3) is 0.476. The summed E-state index contributed by atoms with van der Waals surface area (Å²) in [4.78, 5) is 18.4. The van der Waals surface area contributed by atoms with Gasteiger partial charge in [-0.1, -0.05) is 36.4 Å². The van der Waals surface area contributed by atoms with Crippen molar-refractivity contribution >= 4 is 16.7 Å². The predicted molar refractivity (Wildman–Crippen MR) is 99.4 cm³/mol. The number of piperidine rings is 1. The molecule has 0 spiro atoms. The summed E-state index contributed by atoms with van der Waals surface area (Å²) < 4.78 is 5.93. The number of rotatable bonds is 3. The smallest absolute Gasteiger partial charge is 0.339 e. The molecule has 0 saturated carbocycles. The van der Waals surface area contributed by atoms with Crippen LogP contribution in [0.15, 0.2) is 42.5 Å². The number of carbonyl (C=O) groups is 1. The van der Waals surface area contributed by atoms with Crippen molar-refractivity contribution in [3.8, 4) is 0 Å². The van der Waals surface area contributed by atoms with Crippen LogP contribution in [0.2, 0.25) is 0 Å². The van der Waals surface area contributed by atoms with Gasteiger partial charge < -0.3 is 9.57 Å². The summed E-state index contributed by atoms with van der Waals surface area (Å²) in [5.41, 5.74) is 0.211. The number of esters is 1. The van der Waals surface area contributed by atoms with Crippen LogP contribution in [-0.2, 0) is 9.57 Å². The second-order valence-corrected chi connectivity index (χ2v) is 8.06. The number of carbonyl (C=O) groups excluding carboxylic acids is 1. The van der Waals surface area contributed by atoms with Crippen molar-refractivity contribution in [3.63, 3.8) is 0 Å². The molecule has 1 aliphatic rings. The number of hydrogen-bond acceptors (Lipinski definition) is 4. The van der Waals surface area contributed by atoms with E-state index < -0.39 is 0 Å². The molecule has 0 bridgehead atoms. The molecule has 1 heterocycles. The number of nitrogens with zero attached hydrogens (tertiary/aromatic N) is 1. The van der Waals surface area contributed by atoms with Gasteiger partial charge in [-0.15, -0.1) is 0 Å². The van der Waals surface area contributed by atoms with Gasteiger partial charge in [-0.3, -0.25) is 0 Å². The van der Waals surface area contributed by atoms with Crippen molar-refractivity contribution in [3.05, 3.63) is 48.0 Å². The van der Waals surface area contributed by atoms with Gasteiger partial charge >= 0.3 is 5.97 Å². The first-order valence-corrected chi connectivity index (χ1v) is 8.78. The molecule has 0 unspecified atom stereocenters. The minimum absolute atomic E-state index is 0.136. The monoisotopic (exact) mass is 341 g/mol. The number of ether oxygens (including phenoxy) is 1. The summed E-state index contributed by atoms with van der Waals surface area (Å²) >= 11 is 0. The standard InChI is InChI=1S/C21H27NO3/c1-20(2)13-16(14-21(3,4)22(20)24-5)25-19(23)18-12-8-10-15-9-6-7-11-17(15)18/h6-12,16H,13-14H2,1-5H3. The van der Waals surface area contributed by atoms with Crippen LogP contribution < -0.4 is 0 Å². The molecule has 4 heteroatoms. The van der Waals surface area contributed by atoms with Crippen molar-refractivity contribution in [1.82, 2.24) is 5.06 Å². The molecule has 2 aromatic rings. The molecule has 1 aliphatic heterocycles. The molecular formula is C21H27NO3. The number of benzene rings is 2. The lowest BCUT2D eigenvalue weighted by Crippen LogP contribution is -2.61. The summed E-state index contributed by atoms with van der Waals surface area (Å²) in [5, 5.41) is 4.00. The van der Waals surface area contributed by atoms with Gasteiger partial charge in [0.1, 0.15) is 6.10 Å². The Kier molecular flexibility index (Phi) is 4.60. The van der Waals surface area contributed by atoms with Gasteiger partial charge in [0.2, 0.25) is 0 Å². The number of hydroxylamine groups is 2. The Morgan fingerprint density at radius 3 is 2.24 bits per heavy atom. The Balaban J connectivity index is 1.83. The number of fused-ring (bicyclic) bond motifs is 1. The Bertz CT molecular complexity index is 758. The SMILES string of the molecule is CON1C(C)(C)CC(OC(=O)c2cccc3ccccc23)CC1(C)C. The highest BCUT2D eigenvalue weighted by Crippen LogP contribution is 2.39. The van der Waals surface area contributed by atoms with E-state index in [1.165, 1.54) is 0 Å². The fourth-order valence-corrected chi connectivity index (χ4v) is 4.37. The molecule has 1 saturated heterocycles. The van der Waals surface area contributed by atoms with Crippen molar-refractivity contribution in [2.45, 2.75) is 57.7 Å². The van der Waals surface area contributed by atoms with E-state index in [1.54, 1.807) is 7.11 Å². The van der Waals surface area contributed by atoms with Crippen LogP contribution in [0.3, 0.4) is 0 Å². The summed E-state index contributed by atoms with van der Waals surface area (Å²) in [6, 6.07) is 13.6. The van der Waals surface area contributed by atoms with E-state index in [2.05, 4.69) is 27.7 Å². The van der Waals surface area contributed by atoms with Crippen molar-refractivity contribution in [2.24, 2.45) is 0 Å². The van der Waals surface area contributed by atoms with E-state index in [-0.39, 0.29) is 23.2 Å². The topological polar surface area (TPSA) is 38.8 Å². The first-order valence-electron chi connectivity index (χ1n) is 8.78. The average Bonchev–Trinajstić information content (AvgIpc) is 2.52. The minimum atomic E-state index is -0.251. The van der Waals surface area contributed by atoms with E-state index in [4.69, 9.17) is 9.57 Å². The molecule has 3 rings (SSSR count). The van der Waals surface area contributed by atoms with E-state index >= 15 is 0 Å². The normalized spacial score (nSPS) is 20.5. The summed E-state index contributed by atoms with van der Waals surface area (Å²) in [5.74, 6) is -0.251. The third-order valence-corrected chi connectivity index (χ3v) is 5.02. The van der Waals surface area contributed by atoms with Crippen LogP contribution in [0.5, 0.6) is 0 Å². The van der Waals surface area contributed by atoms with E-state index in [9.17, 15) is 4.79 Å². The molecular weight excluding hydrogens is 314 g/mol. The lowest BCUT2D eigenvalue weighted by Gasteiger charge is -2.52. The van der Waals surface area contributed by atoms with Crippen molar-refractivity contribution in [1.29, 1.82) is 0 Å². The highest BCUT2D eigenvalue weighted by molar-refractivity contribution is 6.04. The van der Waals surface area contributed by atoms with E-state index in [1.807, 2.05) is 47.5 Å². The van der Waals surface area contributed by atoms with E-state index in [0.717, 1.165) is 23.6 Å². The van der Waals surface area contributed by atoms with Crippen molar-refractivity contribution < 1.29 is 14.4 Å². The Hall–Kier alpha value is -1.91. The summed E-state index contributed by atoms with van der Waals surface area (Å²) in [7, 11) is 1.70. The van der Waals surface area contributed by atoms with Crippen LogP contribution in [0.4, 0.5) is 0 Å². The molecule has 4 nitrogen and oxygen atoms in total. The van der Waals surface area contributed by atoms with Gasteiger partial charge in [0.15, 0.2) is 0 Å². The first-order chi connectivity index (χ1) is 11.7. The van der Waals surface area contributed by atoms with Crippen LogP contribution in [-0.4, -0.2) is 35.3 Å². The molecule has 1 fully saturated rings. The second-order valence-electron chi connectivity index (χ2n) is 8.06. The van der Waals surface area contributed by atoms with Gasteiger partial charge in [0, 0.05) is 23.9 Å². The summed E-state index contributed by atoms with van der Waals surface area (Å²) in [6.45, 7) is 8.48. The average molecular weight is 341 g/mol. The molecule has 0 aromatic heterocycles. The Morgan fingerprint density at radius 2 is 1.60 bits per heavy atom. The maximum absolute atomic E-state index is 12.8. The predicted octanol–water partition coefficient (Wildman–Crippen LogP) is 4.58. The zero-order chi connectivity index (χ0) is 18.2. The Labute approximate surface area is 149 Å². The Morgan fingerprint density at radius 1 is 1.00 bits per heavy atom. The molecule has 2 aromatic carbocycles. The third kappa shape index (κ3) is 3.42. The van der Waals surface area contributed by atoms with Gasteiger partial charge in [0.05, 0.1) is 12.7 Å². The lowest BCUT2D eigenvalue weighted by molar-refractivity contribution is -0.276. The second kappa shape index (κ2) is 6.43. The molecule has 134 valence electrons. The van der Waals surface area contributed by atoms with Gasteiger partial charge in [-0.2, -0.15) is 5.06 Å². The highest BCUT2D eigenvalue weighted by atomic mass is 16.7. The van der Waals surface area contributed by atoms with Gasteiger partial charge in [-0.25, -0.2) is 4.79 Å². The number of hydrogen-bond donors (Lipinski definition) is 0. The molecule has 0 aliphatic carbocycles. The summed E-state index contributed by atoms with van der Waals surface area (Å²) in [6.07, 6.45) is 1.34. The molecule has 0 N–H and O–H groups in total. The van der Waals surface area contributed by atoms with Gasteiger partial charge in [0.25, 0.3) is 0 Å². The van der Waals surface area contributed by atoms with Gasteiger partial charge in [-0.05, 0) is 44.5 Å². The molecule has 0 amide bonds. The maximum Gasteiger partial charge on any atom is 0.339 e. The van der Waals surface area contributed by atoms with Crippen LogP contribution in [0.25, 0.3) is 10.8 Å². The highest BCUT2D eigenvalue weighted by Gasteiger charge is 2.47. The molecule has 25 heavy (non-hydrogen) atoms. The zero-order valence-corrected chi connectivity index (χ0v) is 15.7. The minimum Gasteiger partial charge on any atom is -0.459 e. The van der Waals surface area contributed by atoms with Crippen molar-refractivity contribution in [2.75, 3.05) is 7.11 Å². The van der Waals surface area contributed by atoms with E-state index in [0.29, 0.717) is 5.56 Å². The first kappa shape index (κ1) is 17.9.